The minimum atomic E-state index is -3.28. The first-order chi connectivity index (χ1) is 6.30. The Morgan fingerprint density at radius 3 is 2.57 bits per heavy atom. The predicted octanol–water partition coefficient (Wildman–Crippen LogP) is -0.542. The van der Waals surface area contributed by atoms with Crippen LogP contribution in [0.1, 0.15) is 18.0 Å². The number of H-pyrrole nitrogens is 1. The topological polar surface area (TPSA) is 106 Å². The average Bonchev–Trinajstić information content (AvgIpc) is 1.99. The molecule has 1 aromatic heterocycles. The van der Waals surface area contributed by atoms with E-state index in [2.05, 4.69) is 9.97 Å². The van der Waals surface area contributed by atoms with E-state index in [1.54, 1.807) is 0 Å². The summed E-state index contributed by atoms with van der Waals surface area (Å²) in [7, 11) is -3.28. The molecule has 1 atom stereocenters. The highest BCUT2D eigenvalue weighted by molar-refractivity contribution is 7.90. The molecule has 0 aliphatic rings. The summed E-state index contributed by atoms with van der Waals surface area (Å²) in [5.74, 6) is 0.0803. The number of hydrogen-bond donors (Lipinski definition) is 2. The largest absolute Gasteiger partial charge is 0.383 e. The van der Waals surface area contributed by atoms with Crippen LogP contribution in [0, 0.1) is 0 Å². The maximum atomic E-state index is 11.2. The minimum absolute atomic E-state index is 0.0132. The number of anilines is 1. The lowest BCUT2D eigenvalue weighted by molar-refractivity contribution is 0.589. The van der Waals surface area contributed by atoms with Gasteiger partial charge in [-0.1, -0.05) is 0 Å². The molecule has 3 N–H and O–H groups in total. The third kappa shape index (κ3) is 2.32. The van der Waals surface area contributed by atoms with Gasteiger partial charge in [-0.3, -0.25) is 4.79 Å². The fraction of sp³-hybridized carbons (Fsp3) is 0.429. The van der Waals surface area contributed by atoms with Crippen molar-refractivity contribution in [2.24, 2.45) is 0 Å². The minimum Gasteiger partial charge on any atom is -0.383 e. The van der Waals surface area contributed by atoms with E-state index in [1.807, 2.05) is 0 Å². The van der Waals surface area contributed by atoms with Gasteiger partial charge >= 0.3 is 0 Å². The van der Waals surface area contributed by atoms with Gasteiger partial charge in [0.2, 0.25) is 0 Å². The average molecular weight is 217 g/mol. The zero-order chi connectivity index (χ0) is 10.9. The first-order valence-electron chi connectivity index (χ1n) is 3.86. The molecule has 0 aliphatic heterocycles. The van der Waals surface area contributed by atoms with Crippen LogP contribution in [0.2, 0.25) is 0 Å². The van der Waals surface area contributed by atoms with E-state index >= 15 is 0 Å². The smallest absolute Gasteiger partial charge is 0.253 e. The standard InChI is InChI=1S/C7H11N3O3S/c1-4(14(2,12)13)7-9-5(8)3-6(11)10-7/h3-4H,1-2H3,(H3,8,9,10,11). The van der Waals surface area contributed by atoms with E-state index in [1.165, 1.54) is 6.92 Å². The molecule has 0 aliphatic carbocycles. The molecule has 1 unspecified atom stereocenters. The number of nitrogens with two attached hydrogens (primary N) is 1. The fourth-order valence-electron chi connectivity index (χ4n) is 0.891. The number of aromatic amines is 1. The van der Waals surface area contributed by atoms with Crippen LogP contribution in [0.25, 0.3) is 0 Å². The van der Waals surface area contributed by atoms with Crippen LogP contribution < -0.4 is 11.3 Å². The first kappa shape index (κ1) is 10.7. The van der Waals surface area contributed by atoms with Gasteiger partial charge in [-0.05, 0) is 6.92 Å². The van der Waals surface area contributed by atoms with E-state index in [4.69, 9.17) is 5.73 Å². The summed E-state index contributed by atoms with van der Waals surface area (Å²) in [6, 6.07) is 1.10. The van der Waals surface area contributed by atoms with Crippen molar-refractivity contribution < 1.29 is 8.42 Å². The van der Waals surface area contributed by atoms with E-state index in [0.29, 0.717) is 0 Å². The lowest BCUT2D eigenvalue weighted by Gasteiger charge is -2.07. The molecular formula is C7H11N3O3S. The molecule has 1 rings (SSSR count). The highest BCUT2D eigenvalue weighted by Gasteiger charge is 2.19. The van der Waals surface area contributed by atoms with Crippen LogP contribution in [0.5, 0.6) is 0 Å². The molecule has 1 heterocycles. The molecule has 1 aromatic rings. The third-order valence-electron chi connectivity index (χ3n) is 1.81. The number of hydrogen-bond acceptors (Lipinski definition) is 5. The predicted molar refractivity (Wildman–Crippen MR) is 52.5 cm³/mol. The van der Waals surface area contributed by atoms with Crippen molar-refractivity contribution in [2.75, 3.05) is 12.0 Å². The molecule has 14 heavy (non-hydrogen) atoms. The van der Waals surface area contributed by atoms with Crippen molar-refractivity contribution in [1.29, 1.82) is 0 Å². The molecule has 0 saturated carbocycles. The Morgan fingerprint density at radius 2 is 2.14 bits per heavy atom. The SMILES string of the molecule is CC(c1nc(N)cc(=O)[nH]1)S(C)(=O)=O. The maximum Gasteiger partial charge on any atom is 0.253 e. The molecule has 0 spiro atoms. The second-order valence-corrected chi connectivity index (χ2v) is 5.39. The van der Waals surface area contributed by atoms with Crippen molar-refractivity contribution in [1.82, 2.24) is 9.97 Å². The highest BCUT2D eigenvalue weighted by Crippen LogP contribution is 2.15. The molecule has 0 amide bonds. The zero-order valence-electron chi connectivity index (χ0n) is 7.81. The molecule has 0 fully saturated rings. The molecule has 0 saturated heterocycles. The Bertz CT molecular complexity index is 491. The van der Waals surface area contributed by atoms with Crippen LogP contribution >= 0.6 is 0 Å². The Labute approximate surface area is 81.1 Å². The van der Waals surface area contributed by atoms with Gasteiger partial charge in [0.25, 0.3) is 5.56 Å². The van der Waals surface area contributed by atoms with Crippen LogP contribution in [0.3, 0.4) is 0 Å². The van der Waals surface area contributed by atoms with Crippen molar-refractivity contribution >= 4 is 15.7 Å². The summed E-state index contributed by atoms with van der Waals surface area (Å²) in [6.45, 7) is 1.44. The Kier molecular flexibility index (Phi) is 2.61. The van der Waals surface area contributed by atoms with Crippen LogP contribution in [0.15, 0.2) is 10.9 Å². The second kappa shape index (κ2) is 3.41. The van der Waals surface area contributed by atoms with Gasteiger partial charge in [0.1, 0.15) is 16.9 Å². The van der Waals surface area contributed by atoms with Crippen LogP contribution in [-0.2, 0) is 9.84 Å². The molecule has 0 bridgehead atoms. The summed E-state index contributed by atoms with van der Waals surface area (Å²) in [4.78, 5) is 17.0. The molecule has 6 nitrogen and oxygen atoms in total. The lowest BCUT2D eigenvalue weighted by atomic mass is 10.4. The van der Waals surface area contributed by atoms with Gasteiger partial charge in [-0.25, -0.2) is 13.4 Å². The molecule has 7 heteroatoms. The van der Waals surface area contributed by atoms with Gasteiger partial charge in [0.05, 0.1) is 0 Å². The summed E-state index contributed by atoms with van der Waals surface area (Å²) in [5.41, 5.74) is 4.86. The number of sulfone groups is 1. The number of nitrogen functional groups attached to an aromatic ring is 1. The van der Waals surface area contributed by atoms with E-state index in [0.717, 1.165) is 12.3 Å². The molecule has 0 aromatic carbocycles. The first-order valence-corrected chi connectivity index (χ1v) is 5.82. The normalized spacial score (nSPS) is 13.9. The fourth-order valence-corrected chi connectivity index (χ4v) is 1.41. The number of rotatable bonds is 2. The third-order valence-corrected chi connectivity index (χ3v) is 3.31. The Hall–Kier alpha value is -1.37. The Morgan fingerprint density at radius 1 is 1.57 bits per heavy atom. The van der Waals surface area contributed by atoms with Gasteiger partial charge in [0.15, 0.2) is 9.84 Å². The summed E-state index contributed by atoms with van der Waals surface area (Å²) in [6.07, 6.45) is 1.07. The monoisotopic (exact) mass is 217 g/mol. The van der Waals surface area contributed by atoms with E-state index in [9.17, 15) is 13.2 Å². The highest BCUT2D eigenvalue weighted by atomic mass is 32.2. The quantitative estimate of drug-likeness (QED) is 0.691. The summed E-state index contributed by atoms with van der Waals surface area (Å²) >= 11 is 0. The van der Waals surface area contributed by atoms with Crippen LogP contribution in [-0.4, -0.2) is 24.6 Å². The summed E-state index contributed by atoms with van der Waals surface area (Å²) in [5, 5.41) is -0.862. The lowest BCUT2D eigenvalue weighted by Crippen LogP contribution is -2.18. The van der Waals surface area contributed by atoms with Crippen molar-refractivity contribution in [3.63, 3.8) is 0 Å². The van der Waals surface area contributed by atoms with Gasteiger partial charge in [-0.15, -0.1) is 0 Å². The molecule has 0 radical (unpaired) electrons. The second-order valence-electron chi connectivity index (χ2n) is 3.03. The van der Waals surface area contributed by atoms with Crippen LogP contribution in [0.4, 0.5) is 5.82 Å². The van der Waals surface area contributed by atoms with Gasteiger partial charge < -0.3 is 10.7 Å². The van der Waals surface area contributed by atoms with Crippen molar-refractivity contribution in [3.8, 4) is 0 Å². The molecular weight excluding hydrogens is 206 g/mol. The Balaban J connectivity index is 3.27. The zero-order valence-corrected chi connectivity index (χ0v) is 8.63. The maximum absolute atomic E-state index is 11.2. The van der Waals surface area contributed by atoms with Gasteiger partial charge in [0, 0.05) is 12.3 Å². The number of aromatic nitrogens is 2. The molecule has 78 valence electrons. The number of nitrogens with zero attached hydrogens (tertiary/aromatic N) is 1. The van der Waals surface area contributed by atoms with E-state index < -0.39 is 20.6 Å². The van der Waals surface area contributed by atoms with Gasteiger partial charge in [-0.2, -0.15) is 0 Å². The van der Waals surface area contributed by atoms with E-state index in [-0.39, 0.29) is 11.6 Å². The van der Waals surface area contributed by atoms with Crippen molar-refractivity contribution in [3.05, 3.63) is 22.2 Å². The van der Waals surface area contributed by atoms with Crippen molar-refractivity contribution in [2.45, 2.75) is 12.2 Å². The summed E-state index contributed by atoms with van der Waals surface area (Å²) < 4.78 is 22.3. The number of nitrogens with one attached hydrogen (secondary N) is 1.